The van der Waals surface area contributed by atoms with Crippen LogP contribution in [0.1, 0.15) is 5.69 Å². The van der Waals surface area contributed by atoms with Crippen molar-refractivity contribution in [3.05, 3.63) is 52.3 Å². The van der Waals surface area contributed by atoms with E-state index >= 15 is 0 Å². The molecule has 1 aromatic carbocycles. The second-order valence-electron chi connectivity index (χ2n) is 3.44. The molecule has 0 radical (unpaired) electrons. The maximum absolute atomic E-state index is 7.48. The minimum Gasteiger partial charge on any atom is -0.382 e. The number of nitrogens with zero attached hydrogens (tertiary/aromatic N) is 1. The van der Waals surface area contributed by atoms with Crippen molar-refractivity contribution >= 4 is 40.8 Å². The van der Waals surface area contributed by atoms with E-state index in [2.05, 4.69) is 4.98 Å². The summed E-state index contributed by atoms with van der Waals surface area (Å²) in [6.45, 7) is 0. The van der Waals surface area contributed by atoms with E-state index in [9.17, 15) is 0 Å². The first-order valence-electron chi connectivity index (χ1n) is 5.00. The van der Waals surface area contributed by atoms with Gasteiger partial charge in [0.25, 0.3) is 0 Å². The molecule has 0 unspecified atom stereocenters. The summed E-state index contributed by atoms with van der Waals surface area (Å²) >= 11 is 13.4. The SMILES string of the molecule is N=C(N)c1ncccc1Sc1cc(Cl)ccc1Cl. The van der Waals surface area contributed by atoms with Crippen molar-refractivity contribution in [1.82, 2.24) is 4.98 Å². The van der Waals surface area contributed by atoms with Crippen LogP contribution in [-0.2, 0) is 0 Å². The highest BCUT2D eigenvalue weighted by atomic mass is 35.5. The Balaban J connectivity index is 2.40. The van der Waals surface area contributed by atoms with Gasteiger partial charge in [-0.25, -0.2) is 0 Å². The van der Waals surface area contributed by atoms with Crippen LogP contribution in [0.5, 0.6) is 0 Å². The molecule has 2 aromatic rings. The average molecular weight is 298 g/mol. The normalized spacial score (nSPS) is 10.3. The third kappa shape index (κ3) is 2.96. The Labute approximate surface area is 119 Å². The van der Waals surface area contributed by atoms with Gasteiger partial charge in [0.2, 0.25) is 0 Å². The Kier molecular flexibility index (Phi) is 4.11. The summed E-state index contributed by atoms with van der Waals surface area (Å²) in [5.41, 5.74) is 5.93. The summed E-state index contributed by atoms with van der Waals surface area (Å²) in [4.78, 5) is 5.66. The molecular formula is C12H9Cl2N3S. The zero-order valence-electron chi connectivity index (χ0n) is 9.15. The van der Waals surface area contributed by atoms with Gasteiger partial charge in [-0.15, -0.1) is 0 Å². The minimum absolute atomic E-state index is 0.0729. The van der Waals surface area contributed by atoms with Crippen molar-refractivity contribution in [2.24, 2.45) is 5.73 Å². The fourth-order valence-corrected chi connectivity index (χ4v) is 2.81. The minimum atomic E-state index is -0.0729. The van der Waals surface area contributed by atoms with Crippen LogP contribution in [0.2, 0.25) is 10.0 Å². The molecule has 2 rings (SSSR count). The van der Waals surface area contributed by atoms with Crippen molar-refractivity contribution in [2.45, 2.75) is 9.79 Å². The van der Waals surface area contributed by atoms with Gasteiger partial charge in [-0.05, 0) is 30.3 Å². The van der Waals surface area contributed by atoms with Gasteiger partial charge in [0.15, 0.2) is 0 Å². The monoisotopic (exact) mass is 297 g/mol. The maximum Gasteiger partial charge on any atom is 0.142 e. The predicted octanol–water partition coefficient (Wildman–Crippen LogP) is 3.82. The lowest BCUT2D eigenvalue weighted by molar-refractivity contribution is 1.17. The highest BCUT2D eigenvalue weighted by molar-refractivity contribution is 7.99. The van der Waals surface area contributed by atoms with Gasteiger partial charge >= 0.3 is 0 Å². The highest BCUT2D eigenvalue weighted by Crippen LogP contribution is 2.35. The molecule has 3 nitrogen and oxygen atoms in total. The van der Waals surface area contributed by atoms with Gasteiger partial charge in [0.1, 0.15) is 11.5 Å². The second-order valence-corrected chi connectivity index (χ2v) is 5.37. The van der Waals surface area contributed by atoms with Crippen molar-refractivity contribution in [3.8, 4) is 0 Å². The summed E-state index contributed by atoms with van der Waals surface area (Å²) in [5, 5.41) is 8.69. The van der Waals surface area contributed by atoms with Crippen LogP contribution in [0.4, 0.5) is 0 Å². The van der Waals surface area contributed by atoms with E-state index in [1.54, 1.807) is 30.5 Å². The summed E-state index contributed by atoms with van der Waals surface area (Å²) in [6.07, 6.45) is 1.60. The Morgan fingerprint density at radius 2 is 2.00 bits per heavy atom. The van der Waals surface area contributed by atoms with E-state index in [0.717, 1.165) is 9.79 Å². The van der Waals surface area contributed by atoms with Crippen LogP contribution in [0.25, 0.3) is 0 Å². The van der Waals surface area contributed by atoms with Crippen molar-refractivity contribution < 1.29 is 0 Å². The zero-order valence-corrected chi connectivity index (χ0v) is 11.5. The van der Waals surface area contributed by atoms with Gasteiger partial charge in [-0.1, -0.05) is 35.0 Å². The fraction of sp³-hybridized carbons (Fsp3) is 0. The first-order valence-corrected chi connectivity index (χ1v) is 6.57. The average Bonchev–Trinajstić information content (AvgIpc) is 2.34. The molecule has 0 aliphatic carbocycles. The van der Waals surface area contributed by atoms with E-state index in [-0.39, 0.29) is 5.84 Å². The first kappa shape index (κ1) is 13.2. The van der Waals surface area contributed by atoms with Crippen LogP contribution in [0.3, 0.4) is 0 Å². The number of rotatable bonds is 3. The van der Waals surface area contributed by atoms with Crippen LogP contribution in [-0.4, -0.2) is 10.8 Å². The third-order valence-corrected chi connectivity index (χ3v) is 3.92. The number of halogens is 2. The Bertz CT molecular complexity index is 602. The maximum atomic E-state index is 7.48. The van der Waals surface area contributed by atoms with E-state index in [4.69, 9.17) is 34.3 Å². The molecule has 92 valence electrons. The molecule has 0 fully saturated rings. The van der Waals surface area contributed by atoms with Gasteiger partial charge in [0.05, 0.1) is 5.02 Å². The van der Waals surface area contributed by atoms with Crippen LogP contribution in [0, 0.1) is 5.41 Å². The molecule has 0 saturated carbocycles. The number of benzene rings is 1. The van der Waals surface area contributed by atoms with E-state index in [1.807, 2.05) is 6.07 Å². The number of amidine groups is 1. The molecule has 6 heteroatoms. The van der Waals surface area contributed by atoms with E-state index < -0.39 is 0 Å². The smallest absolute Gasteiger partial charge is 0.142 e. The predicted molar refractivity (Wildman–Crippen MR) is 75.8 cm³/mol. The van der Waals surface area contributed by atoms with Crippen LogP contribution in [0.15, 0.2) is 46.3 Å². The summed E-state index contributed by atoms with van der Waals surface area (Å²) in [5.74, 6) is -0.0729. The van der Waals surface area contributed by atoms with Crippen molar-refractivity contribution in [2.75, 3.05) is 0 Å². The number of nitrogens with two attached hydrogens (primary N) is 1. The topological polar surface area (TPSA) is 62.8 Å². The zero-order chi connectivity index (χ0) is 13.1. The highest BCUT2D eigenvalue weighted by Gasteiger charge is 2.10. The Morgan fingerprint density at radius 1 is 1.22 bits per heavy atom. The van der Waals surface area contributed by atoms with Crippen molar-refractivity contribution in [1.29, 1.82) is 5.41 Å². The number of aromatic nitrogens is 1. The molecule has 0 aliphatic rings. The number of pyridine rings is 1. The van der Waals surface area contributed by atoms with Gasteiger partial charge in [0, 0.05) is 21.0 Å². The summed E-state index contributed by atoms with van der Waals surface area (Å²) < 4.78 is 0. The Morgan fingerprint density at radius 3 is 2.72 bits per heavy atom. The summed E-state index contributed by atoms with van der Waals surface area (Å²) in [6, 6.07) is 8.85. The van der Waals surface area contributed by atoms with Gasteiger partial charge in [-0.3, -0.25) is 10.4 Å². The molecule has 0 spiro atoms. The quantitative estimate of drug-likeness (QED) is 0.668. The molecule has 3 N–H and O–H groups in total. The molecule has 1 aromatic heterocycles. The molecule has 18 heavy (non-hydrogen) atoms. The lowest BCUT2D eigenvalue weighted by Gasteiger charge is -2.08. The molecular weight excluding hydrogens is 289 g/mol. The second kappa shape index (κ2) is 5.61. The lowest BCUT2D eigenvalue weighted by atomic mass is 10.3. The molecule has 0 amide bonds. The molecule has 0 bridgehead atoms. The number of hydrogen-bond donors (Lipinski definition) is 2. The van der Waals surface area contributed by atoms with Crippen molar-refractivity contribution in [3.63, 3.8) is 0 Å². The van der Waals surface area contributed by atoms with E-state index in [1.165, 1.54) is 11.8 Å². The Hall–Kier alpha value is -1.23. The molecule has 0 atom stereocenters. The lowest BCUT2D eigenvalue weighted by Crippen LogP contribution is -2.14. The fourth-order valence-electron chi connectivity index (χ4n) is 1.35. The molecule has 0 aliphatic heterocycles. The number of nitrogen functional groups attached to an aromatic ring is 1. The first-order chi connectivity index (χ1) is 8.58. The molecule has 1 heterocycles. The van der Waals surface area contributed by atoms with Crippen LogP contribution >= 0.6 is 35.0 Å². The third-order valence-electron chi connectivity index (χ3n) is 2.14. The standard InChI is InChI=1S/C12H9Cl2N3S/c13-7-3-4-8(14)10(6-7)18-9-2-1-5-17-11(9)12(15)16/h1-6H,(H3,15,16). The number of hydrogen-bond acceptors (Lipinski definition) is 3. The van der Waals surface area contributed by atoms with Gasteiger partial charge < -0.3 is 5.73 Å². The summed E-state index contributed by atoms with van der Waals surface area (Å²) in [7, 11) is 0. The number of nitrogens with one attached hydrogen (secondary N) is 1. The van der Waals surface area contributed by atoms with E-state index in [0.29, 0.717) is 15.7 Å². The largest absolute Gasteiger partial charge is 0.382 e. The van der Waals surface area contributed by atoms with Gasteiger partial charge in [-0.2, -0.15) is 0 Å². The molecule has 0 saturated heterocycles. The van der Waals surface area contributed by atoms with Crippen LogP contribution < -0.4 is 5.73 Å².